The van der Waals surface area contributed by atoms with Crippen LogP contribution >= 0.6 is 0 Å². The van der Waals surface area contributed by atoms with Gasteiger partial charge in [-0.2, -0.15) is 0 Å². The summed E-state index contributed by atoms with van der Waals surface area (Å²) in [5.41, 5.74) is -0.568. The lowest BCUT2D eigenvalue weighted by molar-refractivity contribution is -0.128. The zero-order chi connectivity index (χ0) is 21.9. The van der Waals surface area contributed by atoms with Crippen molar-refractivity contribution in [1.29, 1.82) is 0 Å². The molecule has 10 nitrogen and oxygen atoms in total. The van der Waals surface area contributed by atoms with Crippen LogP contribution in [0.1, 0.15) is 47.0 Å². The number of hydrogen-bond acceptors (Lipinski definition) is 6. The number of ether oxygens (including phenoxy) is 1. The van der Waals surface area contributed by atoms with Crippen molar-refractivity contribution in [1.82, 2.24) is 26.2 Å². The van der Waals surface area contributed by atoms with E-state index in [2.05, 4.69) is 21.3 Å². The van der Waals surface area contributed by atoms with Gasteiger partial charge in [-0.15, -0.1) is 0 Å². The van der Waals surface area contributed by atoms with Crippen molar-refractivity contribution in [3.8, 4) is 0 Å². The molecule has 1 atom stereocenters. The van der Waals surface area contributed by atoms with Gasteiger partial charge in [0.05, 0.1) is 12.5 Å². The second kappa shape index (κ2) is 12.3. The number of hydrogen-bond donors (Lipinski definition) is 4. The smallest absolute Gasteiger partial charge is 0.407 e. The van der Waals surface area contributed by atoms with Crippen LogP contribution in [-0.2, 0) is 14.3 Å². The van der Waals surface area contributed by atoms with Crippen molar-refractivity contribution in [3.05, 3.63) is 0 Å². The fourth-order valence-electron chi connectivity index (χ4n) is 2.87. The third-order valence-electron chi connectivity index (χ3n) is 4.12. The van der Waals surface area contributed by atoms with Gasteiger partial charge in [-0.3, -0.25) is 19.8 Å². The van der Waals surface area contributed by atoms with E-state index in [0.717, 1.165) is 19.3 Å². The molecule has 1 unspecified atom stereocenters. The first-order valence-corrected chi connectivity index (χ1v) is 10.1. The first-order valence-electron chi connectivity index (χ1n) is 10.1. The molecule has 166 valence electrons. The molecule has 1 aliphatic heterocycles. The van der Waals surface area contributed by atoms with E-state index in [1.54, 1.807) is 20.8 Å². The minimum atomic E-state index is -0.568. The van der Waals surface area contributed by atoms with E-state index >= 15 is 0 Å². The monoisotopic (exact) mass is 413 g/mol. The lowest BCUT2D eigenvalue weighted by Crippen LogP contribution is -2.49. The predicted octanol–water partition coefficient (Wildman–Crippen LogP) is 0.575. The summed E-state index contributed by atoms with van der Waals surface area (Å²) >= 11 is 0. The highest BCUT2D eigenvalue weighted by atomic mass is 16.6. The largest absolute Gasteiger partial charge is 0.444 e. The molecular formula is C19H35N5O5. The summed E-state index contributed by atoms with van der Waals surface area (Å²) in [5, 5.41) is 10.3. The number of amides is 5. The highest BCUT2D eigenvalue weighted by molar-refractivity contribution is 5.95. The number of alkyl carbamates (subject to hydrolysis) is 1. The molecule has 0 saturated carbocycles. The van der Waals surface area contributed by atoms with Crippen molar-refractivity contribution >= 4 is 23.9 Å². The molecule has 0 aromatic carbocycles. The van der Waals surface area contributed by atoms with E-state index in [1.807, 2.05) is 11.8 Å². The molecule has 0 spiro atoms. The Morgan fingerprint density at radius 1 is 1.03 bits per heavy atom. The Morgan fingerprint density at radius 3 is 2.38 bits per heavy atom. The molecule has 1 rings (SSSR count). The molecule has 0 bridgehead atoms. The number of piperidine rings is 1. The molecule has 1 saturated heterocycles. The molecule has 10 heteroatoms. The maximum Gasteiger partial charge on any atom is 0.407 e. The standard InChI is InChI=1S/C19H35N5O5/c1-5-8-21-17(27)23-15(25)13-24-11-6-7-14(12-24)16(26)20-9-10-22-18(28)29-19(2,3)4/h14H,5-13H2,1-4H3,(H,20,26)(H,22,28)(H2,21,23,25,27). The number of nitrogens with zero attached hydrogens (tertiary/aromatic N) is 1. The topological polar surface area (TPSA) is 129 Å². The van der Waals surface area contributed by atoms with Gasteiger partial charge in [0, 0.05) is 26.2 Å². The SMILES string of the molecule is CCCNC(=O)NC(=O)CN1CCCC(C(=O)NCCNC(=O)OC(C)(C)C)C1. The number of imide groups is 1. The number of nitrogens with one attached hydrogen (secondary N) is 4. The van der Waals surface area contributed by atoms with Gasteiger partial charge in [0.1, 0.15) is 5.60 Å². The van der Waals surface area contributed by atoms with E-state index in [9.17, 15) is 19.2 Å². The normalized spacial score (nSPS) is 17.2. The van der Waals surface area contributed by atoms with E-state index in [1.165, 1.54) is 0 Å². The molecular weight excluding hydrogens is 378 g/mol. The lowest BCUT2D eigenvalue weighted by Gasteiger charge is -2.31. The fraction of sp³-hybridized carbons (Fsp3) is 0.789. The quantitative estimate of drug-likeness (QED) is 0.431. The number of likely N-dealkylation sites (tertiary alicyclic amines) is 1. The van der Waals surface area contributed by atoms with Crippen LogP contribution in [0.15, 0.2) is 0 Å². The predicted molar refractivity (Wildman–Crippen MR) is 108 cm³/mol. The minimum Gasteiger partial charge on any atom is -0.444 e. The summed E-state index contributed by atoms with van der Waals surface area (Å²) in [6.45, 7) is 9.57. The second-order valence-electron chi connectivity index (χ2n) is 8.10. The zero-order valence-electron chi connectivity index (χ0n) is 17.9. The summed E-state index contributed by atoms with van der Waals surface area (Å²) in [6.07, 6.45) is 1.80. The van der Waals surface area contributed by atoms with Crippen LogP contribution < -0.4 is 21.3 Å². The molecule has 1 aliphatic rings. The third-order valence-corrected chi connectivity index (χ3v) is 4.12. The molecule has 0 aromatic heterocycles. The highest BCUT2D eigenvalue weighted by Crippen LogP contribution is 2.16. The molecule has 1 heterocycles. The van der Waals surface area contributed by atoms with Gasteiger partial charge in [0.2, 0.25) is 11.8 Å². The van der Waals surface area contributed by atoms with Crippen LogP contribution in [-0.4, -0.2) is 73.7 Å². The van der Waals surface area contributed by atoms with Crippen molar-refractivity contribution in [3.63, 3.8) is 0 Å². The van der Waals surface area contributed by atoms with Crippen molar-refractivity contribution in [2.75, 3.05) is 39.3 Å². The average Bonchev–Trinajstić information content (AvgIpc) is 2.62. The Hall–Kier alpha value is -2.36. The zero-order valence-corrected chi connectivity index (χ0v) is 17.9. The van der Waals surface area contributed by atoms with Gasteiger partial charge in [0.15, 0.2) is 0 Å². The molecule has 0 radical (unpaired) electrons. The van der Waals surface area contributed by atoms with E-state index in [0.29, 0.717) is 26.2 Å². The van der Waals surface area contributed by atoms with E-state index in [-0.39, 0.29) is 30.8 Å². The van der Waals surface area contributed by atoms with Crippen LogP contribution in [0.2, 0.25) is 0 Å². The molecule has 29 heavy (non-hydrogen) atoms. The van der Waals surface area contributed by atoms with Crippen molar-refractivity contribution in [2.24, 2.45) is 5.92 Å². The summed E-state index contributed by atoms with van der Waals surface area (Å²) in [6, 6.07) is -0.499. The van der Waals surface area contributed by atoms with Crippen LogP contribution in [0.5, 0.6) is 0 Å². The number of carbonyl (C=O) groups excluding carboxylic acids is 4. The molecule has 5 amide bonds. The number of carbonyl (C=O) groups is 4. The van der Waals surface area contributed by atoms with Crippen LogP contribution in [0.3, 0.4) is 0 Å². The maximum absolute atomic E-state index is 12.4. The Morgan fingerprint density at radius 2 is 1.72 bits per heavy atom. The average molecular weight is 414 g/mol. The van der Waals surface area contributed by atoms with Crippen LogP contribution in [0.4, 0.5) is 9.59 Å². The van der Waals surface area contributed by atoms with Crippen LogP contribution in [0.25, 0.3) is 0 Å². The van der Waals surface area contributed by atoms with E-state index < -0.39 is 17.7 Å². The summed E-state index contributed by atoms with van der Waals surface area (Å²) in [5.74, 6) is -0.727. The molecule has 4 N–H and O–H groups in total. The lowest BCUT2D eigenvalue weighted by atomic mass is 9.97. The summed E-state index contributed by atoms with van der Waals surface area (Å²) in [7, 11) is 0. The molecule has 1 fully saturated rings. The first-order chi connectivity index (χ1) is 13.6. The Balaban J connectivity index is 2.29. The van der Waals surface area contributed by atoms with Gasteiger partial charge in [-0.1, -0.05) is 6.92 Å². The Labute approximate surface area is 172 Å². The third kappa shape index (κ3) is 11.3. The van der Waals surface area contributed by atoms with Gasteiger partial charge in [0.25, 0.3) is 0 Å². The maximum atomic E-state index is 12.4. The fourth-order valence-corrected chi connectivity index (χ4v) is 2.87. The summed E-state index contributed by atoms with van der Waals surface area (Å²) in [4.78, 5) is 49.3. The minimum absolute atomic E-state index is 0.0729. The Bertz CT molecular complexity index is 576. The second-order valence-corrected chi connectivity index (χ2v) is 8.10. The number of rotatable bonds is 8. The molecule has 0 aliphatic carbocycles. The number of urea groups is 1. The van der Waals surface area contributed by atoms with Gasteiger partial charge in [-0.05, 0) is 46.6 Å². The molecule has 0 aromatic rings. The highest BCUT2D eigenvalue weighted by Gasteiger charge is 2.27. The van der Waals surface area contributed by atoms with Gasteiger partial charge < -0.3 is 20.7 Å². The van der Waals surface area contributed by atoms with E-state index in [4.69, 9.17) is 4.74 Å². The van der Waals surface area contributed by atoms with Gasteiger partial charge in [-0.25, -0.2) is 9.59 Å². The summed E-state index contributed by atoms with van der Waals surface area (Å²) < 4.78 is 5.13. The van der Waals surface area contributed by atoms with Crippen molar-refractivity contribution < 1.29 is 23.9 Å². The Kier molecular flexibility index (Phi) is 10.4. The van der Waals surface area contributed by atoms with Crippen molar-refractivity contribution in [2.45, 2.75) is 52.6 Å². The first kappa shape index (κ1) is 24.7. The van der Waals surface area contributed by atoms with Crippen LogP contribution in [0, 0.1) is 5.92 Å². The van der Waals surface area contributed by atoms with Gasteiger partial charge >= 0.3 is 12.1 Å².